The fourth-order valence-electron chi connectivity index (χ4n) is 5.10. The van der Waals surface area contributed by atoms with Crippen molar-refractivity contribution in [2.45, 2.75) is 6.61 Å². The molecule has 0 unspecified atom stereocenters. The Labute approximate surface area is 242 Å². The number of rotatable bonds is 11. The van der Waals surface area contributed by atoms with E-state index in [4.69, 9.17) is 21.1 Å². The molecule has 2 fully saturated rings. The van der Waals surface area contributed by atoms with Crippen molar-refractivity contribution in [1.29, 1.82) is 0 Å². The molecule has 0 bridgehead atoms. The minimum absolute atomic E-state index is 0.309. The maximum Gasteiger partial charge on any atom is 0.247 e. The van der Waals surface area contributed by atoms with Crippen molar-refractivity contribution >= 4 is 45.6 Å². The fraction of sp³-hybridized carbons (Fsp3) is 0.267. The Morgan fingerprint density at radius 3 is 2.71 bits per heavy atom. The zero-order valence-corrected chi connectivity index (χ0v) is 23.2. The number of ether oxygens (including phenoxy) is 2. The number of carbonyl (C=O) groups excluding carboxylic acids is 1. The zero-order valence-electron chi connectivity index (χ0n) is 22.4. The minimum atomic E-state index is -0.337. The lowest BCUT2D eigenvalue weighted by atomic mass is 9.74. The van der Waals surface area contributed by atoms with Gasteiger partial charge in [0.05, 0.1) is 21.9 Å². The van der Waals surface area contributed by atoms with Crippen LogP contribution in [0, 0.1) is 5.41 Å². The number of nitrogens with one attached hydrogen (secondary N) is 3. The summed E-state index contributed by atoms with van der Waals surface area (Å²) < 4.78 is 12.0. The highest BCUT2D eigenvalue weighted by molar-refractivity contribution is 6.32. The number of halogens is 1. The van der Waals surface area contributed by atoms with Gasteiger partial charge in [0, 0.05) is 61.5 Å². The van der Waals surface area contributed by atoms with Crippen LogP contribution in [0.4, 0.5) is 17.2 Å². The molecular formula is C30H30ClN7O3. The number of anilines is 3. The topological polar surface area (TPSA) is 114 Å². The van der Waals surface area contributed by atoms with Crippen LogP contribution < -0.4 is 25.4 Å². The Morgan fingerprint density at radius 1 is 1.10 bits per heavy atom. The molecule has 1 amide bonds. The Bertz CT molecular complexity index is 1570. The predicted molar refractivity (Wildman–Crippen MR) is 159 cm³/mol. The standard InChI is InChI=1S/C30H30ClN7O3/c1-2-28(39)37-25-12-22-24(13-27(25)40-10-9-38-17-30(18-38)15-32-16-30)34-19-35-29(22)36-20-6-7-26(23(31)11-20)41-14-21-5-3-4-8-33-21/h2-8,11-13,19,32H,1,9-10,14-18H2,(H,37,39)(H,34,35,36). The van der Waals surface area contributed by atoms with Crippen molar-refractivity contribution in [1.82, 2.24) is 25.2 Å². The molecule has 10 nitrogen and oxygen atoms in total. The van der Waals surface area contributed by atoms with E-state index < -0.39 is 0 Å². The van der Waals surface area contributed by atoms with E-state index in [-0.39, 0.29) is 5.91 Å². The first-order chi connectivity index (χ1) is 20.0. The van der Waals surface area contributed by atoms with Gasteiger partial charge in [0.1, 0.15) is 36.9 Å². The van der Waals surface area contributed by atoms with Crippen LogP contribution in [-0.2, 0) is 11.4 Å². The number of hydrogen-bond acceptors (Lipinski definition) is 9. The van der Waals surface area contributed by atoms with Crippen molar-refractivity contribution in [3.8, 4) is 11.5 Å². The van der Waals surface area contributed by atoms with Gasteiger partial charge in [-0.25, -0.2) is 9.97 Å². The lowest BCUT2D eigenvalue weighted by molar-refractivity contribution is -0.111. The molecule has 2 saturated heterocycles. The second kappa shape index (κ2) is 11.7. The van der Waals surface area contributed by atoms with E-state index in [9.17, 15) is 4.79 Å². The fourth-order valence-corrected chi connectivity index (χ4v) is 5.33. The molecule has 0 aliphatic carbocycles. The molecule has 0 atom stereocenters. The van der Waals surface area contributed by atoms with E-state index in [0.29, 0.717) is 63.2 Å². The van der Waals surface area contributed by atoms with Gasteiger partial charge in [0.2, 0.25) is 5.91 Å². The second-order valence-corrected chi connectivity index (χ2v) is 10.7. The lowest BCUT2D eigenvalue weighted by Crippen LogP contribution is -2.71. The molecule has 2 aliphatic heterocycles. The minimum Gasteiger partial charge on any atom is -0.490 e. The highest BCUT2D eigenvalue weighted by atomic mass is 35.5. The Morgan fingerprint density at radius 2 is 1.98 bits per heavy atom. The molecule has 11 heteroatoms. The largest absolute Gasteiger partial charge is 0.490 e. The van der Waals surface area contributed by atoms with E-state index in [0.717, 1.165) is 38.4 Å². The van der Waals surface area contributed by atoms with E-state index in [1.165, 1.54) is 12.4 Å². The summed E-state index contributed by atoms with van der Waals surface area (Å²) in [6, 6.07) is 14.7. The zero-order chi connectivity index (χ0) is 28.2. The van der Waals surface area contributed by atoms with Crippen LogP contribution >= 0.6 is 11.6 Å². The van der Waals surface area contributed by atoms with Gasteiger partial charge in [-0.1, -0.05) is 24.2 Å². The van der Waals surface area contributed by atoms with Crippen LogP contribution in [0.25, 0.3) is 10.9 Å². The average Bonchev–Trinajstić information content (AvgIpc) is 2.93. The first-order valence-electron chi connectivity index (χ1n) is 13.4. The smallest absolute Gasteiger partial charge is 0.247 e. The quantitative estimate of drug-likeness (QED) is 0.225. The lowest BCUT2D eigenvalue weighted by Gasteiger charge is -2.56. The number of benzene rings is 2. The second-order valence-electron chi connectivity index (χ2n) is 10.3. The SMILES string of the molecule is C=CC(=O)Nc1cc2c(Nc3ccc(OCc4ccccn4)c(Cl)c3)ncnc2cc1OCCN1CC2(CNC2)C1. The van der Waals surface area contributed by atoms with E-state index in [1.54, 1.807) is 24.4 Å². The third-order valence-corrected chi connectivity index (χ3v) is 7.55. The molecule has 2 aromatic carbocycles. The molecule has 6 rings (SSSR count). The average molecular weight is 572 g/mol. The molecular weight excluding hydrogens is 542 g/mol. The number of fused-ring (bicyclic) bond motifs is 1. The molecule has 4 heterocycles. The third-order valence-electron chi connectivity index (χ3n) is 7.26. The molecule has 41 heavy (non-hydrogen) atoms. The Balaban J connectivity index is 1.17. The molecule has 3 N–H and O–H groups in total. The van der Waals surface area contributed by atoms with Gasteiger partial charge in [-0.15, -0.1) is 0 Å². The number of nitrogens with zero attached hydrogens (tertiary/aromatic N) is 4. The Kier molecular flexibility index (Phi) is 7.69. The molecule has 4 aromatic rings. The summed E-state index contributed by atoms with van der Waals surface area (Å²) in [5.41, 5.74) is 3.16. The van der Waals surface area contributed by atoms with Crippen LogP contribution in [0.3, 0.4) is 0 Å². The van der Waals surface area contributed by atoms with E-state index in [1.807, 2.05) is 30.3 Å². The third kappa shape index (κ3) is 6.09. The van der Waals surface area contributed by atoms with Crippen molar-refractivity contribution in [2.75, 3.05) is 50.0 Å². The molecule has 1 spiro atoms. The summed E-state index contributed by atoms with van der Waals surface area (Å²) in [7, 11) is 0. The number of aromatic nitrogens is 3. The van der Waals surface area contributed by atoms with Gasteiger partial charge in [-0.2, -0.15) is 0 Å². The van der Waals surface area contributed by atoms with Gasteiger partial charge in [-0.3, -0.25) is 14.7 Å². The van der Waals surface area contributed by atoms with Crippen LogP contribution in [0.2, 0.25) is 5.02 Å². The number of likely N-dealkylation sites (tertiary alicyclic amines) is 1. The number of hydrogen-bond donors (Lipinski definition) is 3. The number of pyridine rings is 1. The highest BCUT2D eigenvalue weighted by Crippen LogP contribution is 2.36. The van der Waals surface area contributed by atoms with Crippen molar-refractivity contribution in [3.05, 3.63) is 84.4 Å². The maximum absolute atomic E-state index is 12.2. The maximum atomic E-state index is 12.2. The monoisotopic (exact) mass is 571 g/mol. The number of amides is 1. The Hall–Kier alpha value is -4.25. The molecule has 2 aliphatic rings. The van der Waals surface area contributed by atoms with E-state index in [2.05, 4.69) is 42.4 Å². The molecule has 0 radical (unpaired) electrons. The number of carbonyl (C=O) groups is 1. The van der Waals surface area contributed by atoms with Crippen LogP contribution in [0.1, 0.15) is 5.69 Å². The summed E-state index contributed by atoms with van der Waals surface area (Å²) in [5, 5.41) is 10.7. The van der Waals surface area contributed by atoms with E-state index >= 15 is 0 Å². The summed E-state index contributed by atoms with van der Waals surface area (Å²) in [6.45, 7) is 9.56. The van der Waals surface area contributed by atoms with Gasteiger partial charge in [0.15, 0.2) is 0 Å². The summed E-state index contributed by atoms with van der Waals surface area (Å²) >= 11 is 6.51. The molecule has 0 saturated carbocycles. The highest BCUT2D eigenvalue weighted by Gasteiger charge is 2.46. The van der Waals surface area contributed by atoms with Crippen LogP contribution in [-0.4, -0.2) is 65.1 Å². The van der Waals surface area contributed by atoms with Crippen molar-refractivity contribution < 1.29 is 14.3 Å². The predicted octanol–water partition coefficient (Wildman–Crippen LogP) is 4.41. The van der Waals surface area contributed by atoms with Crippen LogP contribution in [0.5, 0.6) is 11.5 Å². The normalized spacial score (nSPS) is 15.5. The van der Waals surface area contributed by atoms with Crippen LogP contribution in [0.15, 0.2) is 73.7 Å². The van der Waals surface area contributed by atoms with Crippen molar-refractivity contribution in [2.24, 2.45) is 5.41 Å². The van der Waals surface area contributed by atoms with Gasteiger partial charge < -0.3 is 25.4 Å². The first kappa shape index (κ1) is 26.9. The summed E-state index contributed by atoms with van der Waals surface area (Å²) in [5.74, 6) is 1.30. The molecule has 2 aromatic heterocycles. The first-order valence-corrected chi connectivity index (χ1v) is 13.8. The summed E-state index contributed by atoms with van der Waals surface area (Å²) in [4.78, 5) is 27.8. The summed E-state index contributed by atoms with van der Waals surface area (Å²) in [6.07, 6.45) is 4.42. The van der Waals surface area contributed by atoms with Gasteiger partial charge in [0.25, 0.3) is 0 Å². The van der Waals surface area contributed by atoms with Gasteiger partial charge >= 0.3 is 0 Å². The molecule has 210 valence electrons. The van der Waals surface area contributed by atoms with Crippen molar-refractivity contribution in [3.63, 3.8) is 0 Å². The van der Waals surface area contributed by atoms with Gasteiger partial charge in [-0.05, 0) is 42.5 Å².